The molecule has 120 valence electrons. The van der Waals surface area contributed by atoms with E-state index in [1.54, 1.807) is 33.8 Å². The fourth-order valence-electron chi connectivity index (χ4n) is 1.98. The molecule has 1 aromatic rings. The highest BCUT2D eigenvalue weighted by molar-refractivity contribution is 5.99. The molecular weight excluding hydrogens is 286 g/mol. The van der Waals surface area contributed by atoms with E-state index in [2.05, 4.69) is 0 Å². The van der Waals surface area contributed by atoms with Crippen LogP contribution in [0.4, 0.5) is 5.69 Å². The fraction of sp³-hybridized carbons (Fsp3) is 0.438. The summed E-state index contributed by atoms with van der Waals surface area (Å²) < 4.78 is 0. The molecule has 0 atom stereocenters. The second-order valence-corrected chi connectivity index (χ2v) is 6.16. The van der Waals surface area contributed by atoms with Crippen molar-refractivity contribution in [3.8, 4) is 0 Å². The minimum absolute atomic E-state index is 0.00461. The van der Waals surface area contributed by atoms with Crippen molar-refractivity contribution in [3.05, 3.63) is 29.3 Å². The average Bonchev–Trinajstić information content (AvgIpc) is 2.38. The van der Waals surface area contributed by atoms with Crippen LogP contribution >= 0.6 is 0 Å². The van der Waals surface area contributed by atoms with Gasteiger partial charge in [0.05, 0.1) is 12.0 Å². The minimum atomic E-state index is -1.09. The Morgan fingerprint density at radius 3 is 2.18 bits per heavy atom. The summed E-state index contributed by atoms with van der Waals surface area (Å²) >= 11 is 0. The summed E-state index contributed by atoms with van der Waals surface area (Å²) in [6.07, 6.45) is -0.210. The van der Waals surface area contributed by atoms with E-state index in [4.69, 9.17) is 10.2 Å². The van der Waals surface area contributed by atoms with Crippen LogP contribution in [0.15, 0.2) is 18.2 Å². The Hall–Kier alpha value is -2.37. The first-order chi connectivity index (χ1) is 10.0. The van der Waals surface area contributed by atoms with Crippen molar-refractivity contribution < 1.29 is 24.6 Å². The van der Waals surface area contributed by atoms with Crippen molar-refractivity contribution in [2.24, 2.45) is 5.41 Å². The van der Waals surface area contributed by atoms with Crippen LogP contribution < -0.4 is 4.90 Å². The first-order valence-corrected chi connectivity index (χ1v) is 6.91. The first-order valence-electron chi connectivity index (χ1n) is 6.91. The monoisotopic (exact) mass is 307 g/mol. The van der Waals surface area contributed by atoms with Gasteiger partial charge in [0.1, 0.15) is 0 Å². The Morgan fingerprint density at radius 2 is 1.73 bits per heavy atom. The number of benzene rings is 1. The molecule has 2 N–H and O–H groups in total. The lowest BCUT2D eigenvalue weighted by Crippen LogP contribution is -2.41. The van der Waals surface area contributed by atoms with E-state index < -0.39 is 17.4 Å². The maximum atomic E-state index is 12.6. The van der Waals surface area contributed by atoms with E-state index in [1.807, 2.05) is 0 Å². The zero-order chi connectivity index (χ0) is 17.1. The highest BCUT2D eigenvalue weighted by Gasteiger charge is 2.29. The number of carboxylic acids is 2. The molecule has 6 nitrogen and oxygen atoms in total. The third kappa shape index (κ3) is 4.31. The van der Waals surface area contributed by atoms with Crippen LogP contribution in [0.1, 0.15) is 43.1 Å². The second kappa shape index (κ2) is 6.60. The molecule has 1 amide bonds. The number of nitrogens with zero attached hydrogens (tertiary/aromatic N) is 1. The van der Waals surface area contributed by atoms with Crippen molar-refractivity contribution in [2.75, 3.05) is 11.4 Å². The van der Waals surface area contributed by atoms with Gasteiger partial charge in [-0.1, -0.05) is 26.8 Å². The second-order valence-electron chi connectivity index (χ2n) is 6.16. The molecule has 0 spiro atoms. The van der Waals surface area contributed by atoms with Gasteiger partial charge in [-0.25, -0.2) is 4.79 Å². The molecule has 0 heterocycles. The number of anilines is 1. The van der Waals surface area contributed by atoms with Crippen molar-refractivity contribution in [3.63, 3.8) is 0 Å². The van der Waals surface area contributed by atoms with E-state index in [0.29, 0.717) is 11.3 Å². The molecular formula is C16H21NO5. The summed E-state index contributed by atoms with van der Waals surface area (Å²) in [5.74, 6) is -2.36. The van der Waals surface area contributed by atoms with Crippen LogP contribution in [0.2, 0.25) is 0 Å². The van der Waals surface area contributed by atoms with Crippen molar-refractivity contribution in [2.45, 2.75) is 34.1 Å². The molecule has 0 aromatic heterocycles. The number of aromatic carboxylic acids is 1. The van der Waals surface area contributed by atoms with Crippen molar-refractivity contribution >= 4 is 23.5 Å². The number of carbonyl (C=O) groups excluding carboxylic acids is 1. The topological polar surface area (TPSA) is 94.9 Å². The van der Waals surface area contributed by atoms with Gasteiger partial charge in [0.2, 0.25) is 5.91 Å². The SMILES string of the molecule is Cc1ccc(C(=O)O)cc1N(CCC(=O)O)C(=O)C(C)(C)C. The molecule has 0 saturated carbocycles. The number of rotatable bonds is 5. The Kier molecular flexibility index (Phi) is 5.30. The van der Waals surface area contributed by atoms with E-state index in [1.165, 1.54) is 17.0 Å². The van der Waals surface area contributed by atoms with Gasteiger partial charge < -0.3 is 15.1 Å². The third-order valence-corrected chi connectivity index (χ3v) is 3.18. The van der Waals surface area contributed by atoms with E-state index in [-0.39, 0.29) is 24.4 Å². The highest BCUT2D eigenvalue weighted by Crippen LogP contribution is 2.27. The summed E-state index contributed by atoms with van der Waals surface area (Å²) in [4.78, 5) is 35.9. The fourth-order valence-corrected chi connectivity index (χ4v) is 1.98. The van der Waals surface area contributed by atoms with Gasteiger partial charge in [0, 0.05) is 17.6 Å². The number of carboxylic acid groups (broad SMARTS) is 2. The third-order valence-electron chi connectivity index (χ3n) is 3.18. The van der Waals surface area contributed by atoms with Crippen LogP contribution in [-0.2, 0) is 9.59 Å². The molecule has 0 aliphatic heterocycles. The van der Waals surface area contributed by atoms with Gasteiger partial charge in [0.25, 0.3) is 0 Å². The Morgan fingerprint density at radius 1 is 1.14 bits per heavy atom. The van der Waals surface area contributed by atoms with E-state index in [0.717, 1.165) is 0 Å². The smallest absolute Gasteiger partial charge is 0.335 e. The number of hydrogen-bond acceptors (Lipinski definition) is 3. The number of amides is 1. The summed E-state index contributed by atoms with van der Waals surface area (Å²) in [6, 6.07) is 4.48. The summed E-state index contributed by atoms with van der Waals surface area (Å²) in [7, 11) is 0. The molecule has 0 aliphatic carbocycles. The predicted molar refractivity (Wildman–Crippen MR) is 82.2 cm³/mol. The van der Waals surface area contributed by atoms with E-state index >= 15 is 0 Å². The Labute approximate surface area is 129 Å². The molecule has 0 fully saturated rings. The predicted octanol–water partition coefficient (Wildman–Crippen LogP) is 2.55. The largest absolute Gasteiger partial charge is 0.481 e. The standard InChI is InChI=1S/C16H21NO5/c1-10-5-6-11(14(20)21)9-12(10)17(8-7-13(18)19)15(22)16(2,3)4/h5-6,9H,7-8H2,1-4H3,(H,18,19)(H,20,21). The van der Waals surface area contributed by atoms with Gasteiger partial charge in [0.15, 0.2) is 0 Å². The first kappa shape index (κ1) is 17.7. The zero-order valence-electron chi connectivity index (χ0n) is 13.2. The van der Waals surface area contributed by atoms with Crippen LogP contribution in [0.25, 0.3) is 0 Å². The van der Waals surface area contributed by atoms with Gasteiger partial charge >= 0.3 is 11.9 Å². The van der Waals surface area contributed by atoms with Crippen LogP contribution in [-0.4, -0.2) is 34.6 Å². The highest BCUT2D eigenvalue weighted by atomic mass is 16.4. The Bertz CT molecular complexity index is 601. The number of aliphatic carboxylic acids is 1. The van der Waals surface area contributed by atoms with Gasteiger partial charge in [-0.15, -0.1) is 0 Å². The average molecular weight is 307 g/mol. The van der Waals surface area contributed by atoms with Crippen LogP contribution in [0.5, 0.6) is 0 Å². The van der Waals surface area contributed by atoms with Crippen LogP contribution in [0.3, 0.4) is 0 Å². The molecule has 0 bridgehead atoms. The Balaban J connectivity index is 3.31. The van der Waals surface area contributed by atoms with Gasteiger partial charge in [-0.05, 0) is 24.6 Å². The van der Waals surface area contributed by atoms with E-state index in [9.17, 15) is 14.4 Å². The van der Waals surface area contributed by atoms with Gasteiger partial charge in [-0.2, -0.15) is 0 Å². The molecule has 22 heavy (non-hydrogen) atoms. The van der Waals surface area contributed by atoms with Crippen molar-refractivity contribution in [1.29, 1.82) is 0 Å². The van der Waals surface area contributed by atoms with Crippen LogP contribution in [0, 0.1) is 12.3 Å². The molecule has 0 saturated heterocycles. The lowest BCUT2D eigenvalue weighted by atomic mass is 9.93. The number of hydrogen-bond donors (Lipinski definition) is 2. The molecule has 6 heteroatoms. The zero-order valence-corrected chi connectivity index (χ0v) is 13.2. The lowest BCUT2D eigenvalue weighted by molar-refractivity contribution is -0.136. The molecule has 1 rings (SSSR count). The maximum Gasteiger partial charge on any atom is 0.335 e. The summed E-state index contributed by atoms with van der Waals surface area (Å²) in [5.41, 5.74) is 0.501. The lowest BCUT2D eigenvalue weighted by Gasteiger charge is -2.30. The summed E-state index contributed by atoms with van der Waals surface area (Å²) in [5, 5.41) is 18.0. The maximum absolute atomic E-state index is 12.6. The molecule has 0 aliphatic rings. The number of carbonyl (C=O) groups is 3. The molecule has 0 radical (unpaired) electrons. The number of aryl methyl sites for hydroxylation is 1. The van der Waals surface area contributed by atoms with Gasteiger partial charge in [-0.3, -0.25) is 9.59 Å². The quantitative estimate of drug-likeness (QED) is 0.871. The normalized spacial score (nSPS) is 11.1. The summed E-state index contributed by atoms with van der Waals surface area (Å²) in [6.45, 7) is 6.96. The molecule has 1 aromatic carbocycles. The van der Waals surface area contributed by atoms with Crippen molar-refractivity contribution in [1.82, 2.24) is 0 Å². The minimum Gasteiger partial charge on any atom is -0.481 e. The molecule has 0 unspecified atom stereocenters.